The maximum atomic E-state index is 9.35. The molecule has 0 aliphatic carbocycles. The van der Waals surface area contributed by atoms with Gasteiger partial charge in [-0.1, -0.05) is 67.8 Å². The molecule has 0 heterocycles. The zero-order valence-electron chi connectivity index (χ0n) is 10.9. The van der Waals surface area contributed by atoms with Crippen molar-refractivity contribution in [1.29, 1.82) is 0 Å². The van der Waals surface area contributed by atoms with Crippen LogP contribution >= 0.6 is 0 Å². The van der Waals surface area contributed by atoms with Gasteiger partial charge in [-0.25, -0.2) is 0 Å². The van der Waals surface area contributed by atoms with E-state index in [1.807, 2.05) is 38.1 Å². The van der Waals surface area contributed by atoms with Gasteiger partial charge in [0.05, 0.1) is 6.61 Å². The van der Waals surface area contributed by atoms with Crippen LogP contribution in [-0.2, 0) is 5.41 Å². The van der Waals surface area contributed by atoms with Gasteiger partial charge < -0.3 is 5.11 Å². The van der Waals surface area contributed by atoms with E-state index in [2.05, 4.69) is 24.3 Å². The summed E-state index contributed by atoms with van der Waals surface area (Å²) in [6.45, 7) is 4.21. The summed E-state index contributed by atoms with van der Waals surface area (Å²) >= 11 is 0. The molecule has 0 atom stereocenters. The van der Waals surface area contributed by atoms with Gasteiger partial charge in [0, 0.05) is 5.41 Å². The van der Waals surface area contributed by atoms with Crippen molar-refractivity contribution in [3.63, 3.8) is 0 Å². The minimum absolute atomic E-state index is 0.147. The first-order chi connectivity index (χ1) is 8.53. The number of rotatable bonds is 3. The zero-order valence-corrected chi connectivity index (χ0v) is 10.9. The Kier molecular flexibility index (Phi) is 3.58. The van der Waals surface area contributed by atoms with Gasteiger partial charge in [-0.2, -0.15) is 0 Å². The van der Waals surface area contributed by atoms with Gasteiger partial charge in [0.1, 0.15) is 7.85 Å². The lowest BCUT2D eigenvalue weighted by Crippen LogP contribution is -2.21. The van der Waals surface area contributed by atoms with Gasteiger partial charge in [0.2, 0.25) is 0 Å². The average Bonchev–Trinajstić information content (AvgIpc) is 2.40. The molecule has 0 spiro atoms. The summed E-state index contributed by atoms with van der Waals surface area (Å²) in [5.41, 5.74) is 4.03. The lowest BCUT2D eigenvalue weighted by atomic mass is 9.85. The van der Waals surface area contributed by atoms with Gasteiger partial charge in [-0.15, -0.1) is 0 Å². The quantitative estimate of drug-likeness (QED) is 0.811. The molecule has 0 aliphatic heterocycles. The molecule has 0 unspecified atom stereocenters. The Bertz CT molecular complexity index is 512. The zero-order chi connectivity index (χ0) is 13.2. The fraction of sp³-hybridized carbons (Fsp3) is 0.250. The van der Waals surface area contributed by atoms with Crippen molar-refractivity contribution in [3.8, 4) is 11.1 Å². The fourth-order valence-corrected chi connectivity index (χ4v) is 1.88. The van der Waals surface area contributed by atoms with E-state index in [1.165, 1.54) is 0 Å². The second-order valence-corrected chi connectivity index (χ2v) is 5.24. The Morgan fingerprint density at radius 3 is 1.78 bits per heavy atom. The molecule has 1 N–H and O–H groups in total. The molecule has 0 amide bonds. The van der Waals surface area contributed by atoms with Crippen LogP contribution in [0.2, 0.25) is 0 Å². The molecule has 2 aromatic rings. The minimum Gasteiger partial charge on any atom is -0.395 e. The van der Waals surface area contributed by atoms with E-state index < -0.39 is 0 Å². The molecule has 0 fully saturated rings. The van der Waals surface area contributed by atoms with Crippen LogP contribution in [0.3, 0.4) is 0 Å². The molecule has 0 aromatic heterocycles. The topological polar surface area (TPSA) is 20.2 Å². The van der Waals surface area contributed by atoms with Crippen LogP contribution in [0.1, 0.15) is 19.4 Å². The summed E-state index contributed by atoms with van der Waals surface area (Å²) in [4.78, 5) is 0. The van der Waals surface area contributed by atoms with Gasteiger partial charge in [0.15, 0.2) is 0 Å². The fourth-order valence-electron chi connectivity index (χ4n) is 1.88. The third kappa shape index (κ3) is 2.65. The molecule has 2 radical (unpaired) electrons. The molecule has 2 rings (SSSR count). The highest BCUT2D eigenvalue weighted by atomic mass is 16.3. The number of hydrogen-bond donors (Lipinski definition) is 1. The molecule has 0 aliphatic rings. The van der Waals surface area contributed by atoms with E-state index in [1.54, 1.807) is 0 Å². The Labute approximate surface area is 110 Å². The van der Waals surface area contributed by atoms with Crippen LogP contribution in [0.15, 0.2) is 48.5 Å². The predicted octanol–water partition coefficient (Wildman–Crippen LogP) is 2.42. The summed E-state index contributed by atoms with van der Waals surface area (Å²) in [5.74, 6) is 0. The minimum atomic E-state index is -0.195. The van der Waals surface area contributed by atoms with E-state index in [0.717, 1.165) is 22.2 Å². The smallest absolute Gasteiger partial charge is 0.113 e. The van der Waals surface area contributed by atoms with Gasteiger partial charge in [-0.05, 0) is 16.7 Å². The molecule has 0 saturated heterocycles. The SMILES string of the molecule is [B]c1ccc(-c2ccc(C(C)(C)CO)cc2)cc1. The van der Waals surface area contributed by atoms with Crippen LogP contribution < -0.4 is 5.46 Å². The molecule has 90 valence electrons. The van der Waals surface area contributed by atoms with Gasteiger partial charge in [0.25, 0.3) is 0 Å². The molecule has 2 aromatic carbocycles. The molecule has 18 heavy (non-hydrogen) atoms. The first-order valence-corrected chi connectivity index (χ1v) is 6.10. The Balaban J connectivity index is 2.30. The molecule has 1 nitrogen and oxygen atoms in total. The van der Waals surface area contributed by atoms with Crippen molar-refractivity contribution in [3.05, 3.63) is 54.1 Å². The largest absolute Gasteiger partial charge is 0.395 e. The van der Waals surface area contributed by atoms with Crippen molar-refractivity contribution >= 4 is 13.3 Å². The molecule has 0 saturated carbocycles. The van der Waals surface area contributed by atoms with Crippen LogP contribution in [0, 0.1) is 0 Å². The van der Waals surface area contributed by atoms with Crippen molar-refractivity contribution in [2.45, 2.75) is 19.3 Å². The predicted molar refractivity (Wildman–Crippen MR) is 77.4 cm³/mol. The van der Waals surface area contributed by atoms with Crippen molar-refractivity contribution < 1.29 is 5.11 Å². The van der Waals surface area contributed by atoms with E-state index in [-0.39, 0.29) is 12.0 Å². The monoisotopic (exact) mass is 236 g/mol. The molecular formula is C16H17BO. The van der Waals surface area contributed by atoms with E-state index in [4.69, 9.17) is 7.85 Å². The second kappa shape index (κ2) is 4.99. The summed E-state index contributed by atoms with van der Waals surface area (Å²) < 4.78 is 0. The van der Waals surface area contributed by atoms with Crippen LogP contribution in [0.4, 0.5) is 0 Å². The van der Waals surface area contributed by atoms with Crippen LogP contribution in [0.25, 0.3) is 11.1 Å². The highest BCUT2D eigenvalue weighted by Crippen LogP contribution is 2.25. The number of aliphatic hydroxyl groups excluding tert-OH is 1. The summed E-state index contributed by atoms with van der Waals surface area (Å²) in [5, 5.41) is 9.35. The summed E-state index contributed by atoms with van der Waals surface area (Å²) in [6.07, 6.45) is 0. The highest BCUT2D eigenvalue weighted by molar-refractivity contribution is 6.32. The second-order valence-electron chi connectivity index (χ2n) is 5.24. The Morgan fingerprint density at radius 2 is 1.33 bits per heavy atom. The van der Waals surface area contributed by atoms with Crippen molar-refractivity contribution in [1.82, 2.24) is 0 Å². The Hall–Kier alpha value is -1.54. The van der Waals surface area contributed by atoms with E-state index >= 15 is 0 Å². The molecular weight excluding hydrogens is 219 g/mol. The normalized spacial score (nSPS) is 11.5. The van der Waals surface area contributed by atoms with Crippen LogP contribution in [0.5, 0.6) is 0 Å². The van der Waals surface area contributed by atoms with E-state index in [0.29, 0.717) is 0 Å². The molecule has 0 bridgehead atoms. The van der Waals surface area contributed by atoms with Crippen LogP contribution in [-0.4, -0.2) is 19.6 Å². The lowest BCUT2D eigenvalue weighted by molar-refractivity contribution is 0.218. The van der Waals surface area contributed by atoms with Crippen molar-refractivity contribution in [2.24, 2.45) is 0 Å². The summed E-state index contributed by atoms with van der Waals surface area (Å²) in [7, 11) is 5.68. The van der Waals surface area contributed by atoms with Gasteiger partial charge in [-0.3, -0.25) is 0 Å². The average molecular weight is 236 g/mol. The maximum absolute atomic E-state index is 9.35. The highest BCUT2D eigenvalue weighted by Gasteiger charge is 2.18. The number of benzene rings is 2. The summed E-state index contributed by atoms with van der Waals surface area (Å²) in [6, 6.07) is 16.1. The first kappa shape index (κ1) is 12.9. The third-order valence-electron chi connectivity index (χ3n) is 3.31. The maximum Gasteiger partial charge on any atom is 0.113 e. The van der Waals surface area contributed by atoms with Gasteiger partial charge >= 0.3 is 0 Å². The Morgan fingerprint density at radius 1 is 0.889 bits per heavy atom. The lowest BCUT2D eigenvalue weighted by Gasteiger charge is -2.22. The molecule has 2 heteroatoms. The number of hydrogen-bond acceptors (Lipinski definition) is 1. The van der Waals surface area contributed by atoms with Crippen molar-refractivity contribution in [2.75, 3.05) is 6.61 Å². The third-order valence-corrected chi connectivity index (χ3v) is 3.31. The van der Waals surface area contributed by atoms with E-state index in [9.17, 15) is 5.11 Å². The first-order valence-electron chi connectivity index (χ1n) is 6.10. The standard InChI is InChI=1S/C16H17BO/c1-16(2,11-18)14-7-3-12(4-8-14)13-5-9-15(17)10-6-13/h3-10,18H,11H2,1-2H3. The number of aliphatic hydroxyl groups is 1.